The van der Waals surface area contributed by atoms with Crippen molar-refractivity contribution in [2.75, 3.05) is 0 Å². The normalized spacial score (nSPS) is 39.8. The highest BCUT2D eigenvalue weighted by molar-refractivity contribution is 8.01. The Bertz CT molecular complexity index is 434. The lowest BCUT2D eigenvalue weighted by molar-refractivity contribution is -0.210. The molecule has 0 amide bonds. The lowest BCUT2D eigenvalue weighted by atomic mass is 9.93. The summed E-state index contributed by atoms with van der Waals surface area (Å²) in [5, 5.41) is 1.31. The van der Waals surface area contributed by atoms with E-state index < -0.39 is 0 Å². The summed E-state index contributed by atoms with van der Waals surface area (Å²) in [5.41, 5.74) is 1.18. The highest BCUT2D eigenvalue weighted by Crippen LogP contribution is 2.55. The molecule has 2 nitrogen and oxygen atoms in total. The van der Waals surface area contributed by atoms with E-state index >= 15 is 0 Å². The Kier molecular flexibility index (Phi) is 1.86. The van der Waals surface area contributed by atoms with Crippen LogP contribution in [0.5, 0.6) is 5.75 Å². The van der Waals surface area contributed by atoms with Crippen LogP contribution in [-0.2, 0) is 11.3 Å². The van der Waals surface area contributed by atoms with Crippen LogP contribution in [0, 0.1) is 0 Å². The molecule has 2 saturated heterocycles. The smallest absolute Gasteiger partial charge is 0.223 e. The number of thioether (sulfide) groups is 1. The molecule has 3 heterocycles. The lowest BCUT2D eigenvalue weighted by Crippen LogP contribution is -2.49. The predicted octanol–water partition coefficient (Wildman–Crippen LogP) is 2.96. The summed E-state index contributed by atoms with van der Waals surface area (Å²) in [5.74, 6) is 0.726. The Balaban J connectivity index is 1.70. The average molecular weight is 234 g/mol. The summed E-state index contributed by atoms with van der Waals surface area (Å²) in [6.45, 7) is 0.708. The fourth-order valence-corrected chi connectivity index (χ4v) is 4.78. The lowest BCUT2D eigenvalue weighted by Gasteiger charge is -2.40. The Labute approximate surface area is 99.3 Å². The van der Waals surface area contributed by atoms with Gasteiger partial charge in [-0.15, -0.1) is 11.8 Å². The monoisotopic (exact) mass is 234 g/mol. The van der Waals surface area contributed by atoms with Crippen LogP contribution in [0.2, 0.25) is 0 Å². The minimum absolute atomic E-state index is 0.304. The predicted molar refractivity (Wildman–Crippen MR) is 63.6 cm³/mol. The van der Waals surface area contributed by atoms with Crippen LogP contribution in [0.1, 0.15) is 24.8 Å². The van der Waals surface area contributed by atoms with Gasteiger partial charge in [-0.05, 0) is 18.9 Å². The molecule has 3 aliphatic heterocycles. The first-order chi connectivity index (χ1) is 7.86. The van der Waals surface area contributed by atoms with Crippen molar-refractivity contribution in [1.29, 1.82) is 0 Å². The number of rotatable bonds is 0. The standard InChI is InChI=1S/C13H14O2S/c1-2-4-11-9(3-1)8-14-13(15-11)7-10-5-6-12(13)16-10/h1-4,10,12H,5-8H2. The molecule has 3 heteroatoms. The van der Waals surface area contributed by atoms with Crippen molar-refractivity contribution in [1.82, 2.24) is 0 Å². The van der Waals surface area contributed by atoms with Gasteiger partial charge in [-0.25, -0.2) is 0 Å². The summed E-state index contributed by atoms with van der Waals surface area (Å²) >= 11 is 2.06. The van der Waals surface area contributed by atoms with Crippen molar-refractivity contribution >= 4 is 11.8 Å². The summed E-state index contributed by atoms with van der Waals surface area (Å²) in [4.78, 5) is 0. The van der Waals surface area contributed by atoms with Gasteiger partial charge in [-0.2, -0.15) is 0 Å². The summed E-state index contributed by atoms with van der Waals surface area (Å²) in [6.07, 6.45) is 3.65. The van der Waals surface area contributed by atoms with Crippen LogP contribution in [0.4, 0.5) is 0 Å². The molecule has 2 bridgehead atoms. The number of para-hydroxylation sites is 1. The zero-order valence-electron chi connectivity index (χ0n) is 9.02. The van der Waals surface area contributed by atoms with Crippen molar-refractivity contribution in [3.05, 3.63) is 29.8 Å². The molecule has 1 aromatic carbocycles. The maximum atomic E-state index is 6.17. The fourth-order valence-electron chi connectivity index (χ4n) is 3.03. The number of hydrogen-bond donors (Lipinski definition) is 0. The second-order valence-corrected chi connectivity index (χ2v) is 6.35. The molecule has 3 aliphatic rings. The van der Waals surface area contributed by atoms with Crippen LogP contribution in [-0.4, -0.2) is 16.3 Å². The molecule has 16 heavy (non-hydrogen) atoms. The first-order valence-corrected chi connectivity index (χ1v) is 6.86. The Hall–Kier alpha value is -0.670. The molecular weight excluding hydrogens is 220 g/mol. The van der Waals surface area contributed by atoms with E-state index in [1.807, 2.05) is 12.1 Å². The molecule has 0 aliphatic carbocycles. The molecule has 0 N–H and O–H groups in total. The van der Waals surface area contributed by atoms with Crippen molar-refractivity contribution in [3.8, 4) is 5.75 Å². The number of benzene rings is 1. The summed E-state index contributed by atoms with van der Waals surface area (Å²) < 4.78 is 12.2. The van der Waals surface area contributed by atoms with Crippen LogP contribution in [0.25, 0.3) is 0 Å². The van der Waals surface area contributed by atoms with Gasteiger partial charge in [0.25, 0.3) is 0 Å². The van der Waals surface area contributed by atoms with Crippen LogP contribution in [0.3, 0.4) is 0 Å². The maximum Gasteiger partial charge on any atom is 0.223 e. The van der Waals surface area contributed by atoms with Gasteiger partial charge in [0.1, 0.15) is 5.75 Å². The van der Waals surface area contributed by atoms with E-state index in [-0.39, 0.29) is 5.79 Å². The Morgan fingerprint density at radius 2 is 2.19 bits per heavy atom. The summed E-state index contributed by atoms with van der Waals surface area (Å²) in [6, 6.07) is 8.23. The van der Waals surface area contributed by atoms with Gasteiger partial charge in [0.15, 0.2) is 0 Å². The molecule has 0 radical (unpaired) electrons. The van der Waals surface area contributed by atoms with E-state index in [4.69, 9.17) is 9.47 Å². The highest BCUT2D eigenvalue weighted by Gasteiger charge is 2.56. The molecule has 0 aromatic heterocycles. The first-order valence-electron chi connectivity index (χ1n) is 5.92. The van der Waals surface area contributed by atoms with Gasteiger partial charge in [0.05, 0.1) is 11.9 Å². The minimum atomic E-state index is -0.304. The molecule has 1 spiro atoms. The van der Waals surface area contributed by atoms with Gasteiger partial charge in [-0.3, -0.25) is 0 Å². The van der Waals surface area contributed by atoms with Crippen LogP contribution < -0.4 is 4.74 Å². The quantitative estimate of drug-likeness (QED) is 0.687. The number of fused-ring (bicyclic) bond motifs is 4. The van der Waals surface area contributed by atoms with Crippen molar-refractivity contribution < 1.29 is 9.47 Å². The second kappa shape index (κ2) is 3.17. The highest BCUT2D eigenvalue weighted by atomic mass is 32.2. The van der Waals surface area contributed by atoms with Gasteiger partial charge in [0.2, 0.25) is 5.79 Å². The molecule has 84 valence electrons. The van der Waals surface area contributed by atoms with Crippen molar-refractivity contribution in [2.24, 2.45) is 0 Å². The van der Waals surface area contributed by atoms with E-state index in [0.717, 1.165) is 17.4 Å². The zero-order valence-corrected chi connectivity index (χ0v) is 9.83. The van der Waals surface area contributed by atoms with E-state index in [2.05, 4.69) is 23.9 Å². The summed E-state index contributed by atoms with van der Waals surface area (Å²) in [7, 11) is 0. The molecule has 4 rings (SSSR count). The van der Waals surface area contributed by atoms with E-state index in [0.29, 0.717) is 11.9 Å². The average Bonchev–Trinajstić information content (AvgIpc) is 2.89. The van der Waals surface area contributed by atoms with E-state index in [1.54, 1.807) is 0 Å². The molecule has 0 saturated carbocycles. The van der Waals surface area contributed by atoms with E-state index in [1.165, 1.54) is 18.4 Å². The first kappa shape index (κ1) is 9.37. The van der Waals surface area contributed by atoms with E-state index in [9.17, 15) is 0 Å². The maximum absolute atomic E-state index is 6.17. The number of ether oxygens (including phenoxy) is 2. The second-order valence-electron chi connectivity index (χ2n) is 4.84. The minimum Gasteiger partial charge on any atom is -0.461 e. The van der Waals surface area contributed by atoms with Crippen molar-refractivity contribution in [2.45, 2.75) is 42.2 Å². The Morgan fingerprint density at radius 1 is 1.25 bits per heavy atom. The largest absolute Gasteiger partial charge is 0.461 e. The van der Waals surface area contributed by atoms with Gasteiger partial charge < -0.3 is 9.47 Å². The third-order valence-electron chi connectivity index (χ3n) is 3.84. The van der Waals surface area contributed by atoms with Crippen LogP contribution >= 0.6 is 11.8 Å². The third-order valence-corrected chi connectivity index (χ3v) is 5.55. The third kappa shape index (κ3) is 1.19. The SMILES string of the molecule is c1ccc2c(c1)COC1(CC3CCC1S3)O2. The molecule has 3 atom stereocenters. The van der Waals surface area contributed by atoms with Gasteiger partial charge in [-0.1, -0.05) is 18.2 Å². The van der Waals surface area contributed by atoms with Gasteiger partial charge in [0, 0.05) is 17.2 Å². The fraction of sp³-hybridized carbons (Fsp3) is 0.538. The topological polar surface area (TPSA) is 18.5 Å². The number of hydrogen-bond acceptors (Lipinski definition) is 3. The van der Waals surface area contributed by atoms with Crippen LogP contribution in [0.15, 0.2) is 24.3 Å². The molecule has 3 unspecified atom stereocenters. The molecular formula is C13H14O2S. The zero-order chi connectivity index (χ0) is 10.6. The molecule has 1 aromatic rings. The Morgan fingerprint density at radius 3 is 3.00 bits per heavy atom. The van der Waals surface area contributed by atoms with Crippen molar-refractivity contribution in [3.63, 3.8) is 0 Å². The van der Waals surface area contributed by atoms with Gasteiger partial charge >= 0.3 is 0 Å². The molecule has 2 fully saturated rings.